The molecule has 0 aliphatic heterocycles. The largest absolute Gasteiger partial charge is 0.256 e. The molecule has 1 unspecified atom stereocenters. The second-order valence-electron chi connectivity index (χ2n) is 9.38. The first-order valence-electron chi connectivity index (χ1n) is 12.8. The van der Waals surface area contributed by atoms with Crippen LogP contribution >= 0.6 is 0 Å². The van der Waals surface area contributed by atoms with Crippen molar-refractivity contribution in [1.29, 1.82) is 5.26 Å². The molecule has 38 heavy (non-hydrogen) atoms. The van der Waals surface area contributed by atoms with Gasteiger partial charge in [0.05, 0.1) is 11.8 Å². The molecule has 1 atom stereocenters. The van der Waals surface area contributed by atoms with E-state index in [1.807, 2.05) is 54.6 Å². The average Bonchev–Trinajstić information content (AvgIpc) is 3.02. The van der Waals surface area contributed by atoms with E-state index in [1.165, 1.54) is 0 Å². The first-order valence-corrected chi connectivity index (χ1v) is 12.8. The van der Waals surface area contributed by atoms with Crippen molar-refractivity contribution >= 4 is 11.1 Å². The Balaban J connectivity index is 1.41. The van der Waals surface area contributed by atoms with E-state index in [0.29, 0.717) is 29.5 Å². The molecule has 0 amide bonds. The summed E-state index contributed by atoms with van der Waals surface area (Å²) in [6, 6.07) is 26.7. The number of hydrogen-bond donors (Lipinski definition) is 0. The minimum Gasteiger partial charge on any atom is -0.256 e. The predicted octanol–water partition coefficient (Wildman–Crippen LogP) is 7.35. The van der Waals surface area contributed by atoms with Gasteiger partial charge in [0.25, 0.3) is 0 Å². The van der Waals surface area contributed by atoms with Crippen LogP contribution < -0.4 is 0 Å². The molecule has 0 radical (unpaired) electrons. The summed E-state index contributed by atoms with van der Waals surface area (Å²) in [5.74, 6) is 1.95. The molecule has 2 heterocycles. The Morgan fingerprint density at radius 3 is 2.32 bits per heavy atom. The van der Waals surface area contributed by atoms with Gasteiger partial charge in [0.2, 0.25) is 0 Å². The molecule has 5 heteroatoms. The van der Waals surface area contributed by atoms with Gasteiger partial charge in [0.15, 0.2) is 17.5 Å². The van der Waals surface area contributed by atoms with Gasteiger partial charge in [-0.2, -0.15) is 5.26 Å². The van der Waals surface area contributed by atoms with Crippen molar-refractivity contribution in [2.45, 2.75) is 25.2 Å². The summed E-state index contributed by atoms with van der Waals surface area (Å²) in [4.78, 5) is 19.1. The van der Waals surface area contributed by atoms with Crippen molar-refractivity contribution in [2.75, 3.05) is 0 Å². The normalized spacial score (nSPS) is 16.7. The summed E-state index contributed by atoms with van der Waals surface area (Å²) in [6.07, 6.45) is 14.7. The summed E-state index contributed by atoms with van der Waals surface area (Å²) < 4.78 is 0. The number of allylic oxidation sites excluding steroid dienone is 8. The van der Waals surface area contributed by atoms with Crippen molar-refractivity contribution in [2.24, 2.45) is 0 Å². The minimum atomic E-state index is 0.0413. The summed E-state index contributed by atoms with van der Waals surface area (Å²) in [5.41, 5.74) is 6.73. The third-order valence-corrected chi connectivity index (χ3v) is 6.82. The average molecular weight is 492 g/mol. The van der Waals surface area contributed by atoms with Gasteiger partial charge >= 0.3 is 0 Å². The van der Waals surface area contributed by atoms with E-state index < -0.39 is 0 Å². The van der Waals surface area contributed by atoms with E-state index in [4.69, 9.17) is 15.0 Å². The van der Waals surface area contributed by atoms with E-state index in [-0.39, 0.29) is 5.92 Å². The van der Waals surface area contributed by atoms with Gasteiger partial charge in [-0.3, -0.25) is 4.98 Å². The number of pyridine rings is 1. The maximum Gasteiger partial charge on any atom is 0.164 e. The molecule has 2 aromatic heterocycles. The molecule has 0 saturated carbocycles. The molecule has 4 aromatic rings. The number of nitriles is 1. The number of aromatic nitrogens is 4. The molecule has 2 aromatic carbocycles. The van der Waals surface area contributed by atoms with Crippen LogP contribution in [0.25, 0.3) is 33.8 Å². The van der Waals surface area contributed by atoms with Gasteiger partial charge in [-0.25, -0.2) is 15.0 Å². The lowest BCUT2D eigenvalue weighted by Gasteiger charge is -2.20. The zero-order chi connectivity index (χ0) is 25.7. The van der Waals surface area contributed by atoms with Gasteiger partial charge in [0, 0.05) is 34.4 Å². The Kier molecular flexibility index (Phi) is 6.53. The van der Waals surface area contributed by atoms with Crippen molar-refractivity contribution in [3.05, 3.63) is 132 Å². The third kappa shape index (κ3) is 4.98. The summed E-state index contributed by atoms with van der Waals surface area (Å²) in [5, 5.41) is 9.88. The Morgan fingerprint density at radius 1 is 0.789 bits per heavy atom. The lowest BCUT2D eigenvalue weighted by atomic mass is 9.85. The molecule has 0 N–H and O–H groups in total. The monoisotopic (exact) mass is 491 g/mol. The summed E-state index contributed by atoms with van der Waals surface area (Å²) in [7, 11) is 0. The van der Waals surface area contributed by atoms with Crippen molar-refractivity contribution in [3.8, 4) is 28.7 Å². The molecular formula is C33H25N5. The van der Waals surface area contributed by atoms with Crippen molar-refractivity contribution in [1.82, 2.24) is 19.9 Å². The highest BCUT2D eigenvalue weighted by molar-refractivity contribution is 5.76. The van der Waals surface area contributed by atoms with Crippen LogP contribution in [-0.2, 0) is 0 Å². The first-order chi connectivity index (χ1) is 18.8. The van der Waals surface area contributed by atoms with E-state index in [2.05, 4.69) is 59.6 Å². The topological polar surface area (TPSA) is 75.3 Å². The van der Waals surface area contributed by atoms with Gasteiger partial charge in [-0.1, -0.05) is 85.0 Å². The molecule has 0 bridgehead atoms. The standard InChI is InChI=1S/C33H25N5/c34-22-23-19-28(24-14-16-25(17-15-24)30-13-7-8-18-35-30)21-29(20-23)33-37-31(26-9-3-1-4-10-26)36-32(38-33)27-11-5-2-6-12-27/h1-5,7-11,13-18,20-21,28H,6,12,19H2. The highest BCUT2D eigenvalue weighted by Gasteiger charge is 2.21. The Labute approximate surface area is 222 Å². The molecule has 0 saturated heterocycles. The van der Waals surface area contributed by atoms with Crippen LogP contribution in [0.3, 0.4) is 0 Å². The molecular weight excluding hydrogens is 466 g/mol. The SMILES string of the molecule is N#CC1=CC(c2nc(C3=CC=CCC3)nc(-c3ccccc3)n2)=CC(c2ccc(-c3ccccn3)cc2)C1. The van der Waals surface area contributed by atoms with Crippen LogP contribution in [0.1, 0.15) is 42.4 Å². The van der Waals surface area contributed by atoms with Gasteiger partial charge in [0.1, 0.15) is 0 Å². The number of benzene rings is 2. The molecule has 5 nitrogen and oxygen atoms in total. The smallest absolute Gasteiger partial charge is 0.164 e. The zero-order valence-electron chi connectivity index (χ0n) is 20.8. The number of nitrogens with zero attached hydrogens (tertiary/aromatic N) is 5. The Hall–Kier alpha value is -4.95. The first kappa shape index (κ1) is 23.4. The highest BCUT2D eigenvalue weighted by Crippen LogP contribution is 2.35. The fourth-order valence-corrected chi connectivity index (χ4v) is 4.83. The molecule has 6 rings (SSSR count). The van der Waals surface area contributed by atoms with E-state index in [1.54, 1.807) is 6.20 Å². The van der Waals surface area contributed by atoms with E-state index >= 15 is 0 Å². The molecule has 0 fully saturated rings. The maximum atomic E-state index is 9.88. The zero-order valence-corrected chi connectivity index (χ0v) is 20.8. The van der Waals surface area contributed by atoms with Gasteiger partial charge in [-0.05, 0) is 48.6 Å². The minimum absolute atomic E-state index is 0.0413. The lowest BCUT2D eigenvalue weighted by molar-refractivity contribution is 0.831. The highest BCUT2D eigenvalue weighted by atomic mass is 15.0. The second kappa shape index (κ2) is 10.6. The molecule has 182 valence electrons. The molecule has 2 aliphatic carbocycles. The van der Waals surface area contributed by atoms with Crippen LogP contribution in [0.2, 0.25) is 0 Å². The van der Waals surface area contributed by atoms with Gasteiger partial charge in [-0.15, -0.1) is 0 Å². The van der Waals surface area contributed by atoms with E-state index in [9.17, 15) is 5.26 Å². The number of rotatable bonds is 5. The summed E-state index contributed by atoms with van der Waals surface area (Å²) in [6.45, 7) is 0. The fraction of sp³-hybridized carbons (Fsp3) is 0.121. The van der Waals surface area contributed by atoms with Crippen LogP contribution in [0.5, 0.6) is 0 Å². The predicted molar refractivity (Wildman–Crippen MR) is 150 cm³/mol. The van der Waals surface area contributed by atoms with Crippen LogP contribution in [0.4, 0.5) is 0 Å². The van der Waals surface area contributed by atoms with Crippen molar-refractivity contribution < 1.29 is 0 Å². The van der Waals surface area contributed by atoms with Crippen LogP contribution in [0, 0.1) is 11.3 Å². The Bertz CT molecular complexity index is 1620. The van der Waals surface area contributed by atoms with E-state index in [0.717, 1.165) is 46.4 Å². The Morgan fingerprint density at radius 2 is 1.58 bits per heavy atom. The van der Waals surface area contributed by atoms with Gasteiger partial charge < -0.3 is 0 Å². The fourth-order valence-electron chi connectivity index (χ4n) is 4.83. The quantitative estimate of drug-likeness (QED) is 0.292. The van der Waals surface area contributed by atoms with Crippen LogP contribution in [0.15, 0.2) is 115 Å². The maximum absolute atomic E-state index is 9.88. The van der Waals surface area contributed by atoms with Crippen molar-refractivity contribution in [3.63, 3.8) is 0 Å². The summed E-state index contributed by atoms with van der Waals surface area (Å²) >= 11 is 0. The molecule has 2 aliphatic rings. The number of hydrogen-bond acceptors (Lipinski definition) is 5. The second-order valence-corrected chi connectivity index (χ2v) is 9.38. The third-order valence-electron chi connectivity index (χ3n) is 6.82. The molecule has 0 spiro atoms. The lowest BCUT2D eigenvalue weighted by Crippen LogP contribution is -2.09. The van der Waals surface area contributed by atoms with Crippen LogP contribution in [-0.4, -0.2) is 19.9 Å².